The van der Waals surface area contributed by atoms with Crippen molar-refractivity contribution in [1.82, 2.24) is 15.4 Å². The van der Waals surface area contributed by atoms with Gasteiger partial charge in [0.1, 0.15) is 11.4 Å². The van der Waals surface area contributed by atoms with Gasteiger partial charge >= 0.3 is 0 Å². The predicted octanol–water partition coefficient (Wildman–Crippen LogP) is 4.97. The summed E-state index contributed by atoms with van der Waals surface area (Å²) in [6, 6.07) is 18.7. The molecule has 0 radical (unpaired) electrons. The molecule has 7 nitrogen and oxygen atoms in total. The van der Waals surface area contributed by atoms with E-state index in [1.165, 1.54) is 31.3 Å². The number of nitrogens with one attached hydrogen (secondary N) is 2. The smallest absolute Gasteiger partial charge is 0.274 e. The number of nitrogens with zero attached hydrogens (tertiary/aromatic N) is 2. The molecule has 0 aliphatic carbocycles. The first-order chi connectivity index (χ1) is 16.1. The van der Waals surface area contributed by atoms with Crippen LogP contribution in [0, 0.1) is 0 Å². The summed E-state index contributed by atoms with van der Waals surface area (Å²) in [6.07, 6.45) is 3.23. The number of anilines is 1. The van der Waals surface area contributed by atoms with Crippen LogP contribution in [0.2, 0.25) is 5.02 Å². The summed E-state index contributed by atoms with van der Waals surface area (Å²) in [5, 5.41) is 5.92. The highest BCUT2D eigenvalue weighted by Crippen LogP contribution is 2.34. The molecule has 3 aromatic carbocycles. The highest BCUT2D eigenvalue weighted by molar-refractivity contribution is 8.00. The molecule has 0 aliphatic rings. The van der Waals surface area contributed by atoms with Crippen molar-refractivity contribution in [2.45, 2.75) is 5.03 Å². The summed E-state index contributed by atoms with van der Waals surface area (Å²) >= 11 is 7.54. The molecule has 0 spiro atoms. The molecule has 1 heterocycles. The molecule has 0 bridgehead atoms. The first-order valence-electron chi connectivity index (χ1n) is 9.90. The van der Waals surface area contributed by atoms with Crippen molar-refractivity contribution < 1.29 is 14.4 Å². The Bertz CT molecular complexity index is 1330. The van der Waals surface area contributed by atoms with Gasteiger partial charge in [-0.2, -0.15) is 0 Å². The van der Waals surface area contributed by atoms with Gasteiger partial charge in [-0.15, -0.1) is 0 Å². The Kier molecular flexibility index (Phi) is 7.19. The molecule has 0 saturated carbocycles. The van der Waals surface area contributed by atoms with E-state index in [1.807, 2.05) is 24.3 Å². The van der Waals surface area contributed by atoms with E-state index in [-0.39, 0.29) is 16.7 Å². The molecular formula is C24H19ClN4O3S. The molecule has 33 heavy (non-hydrogen) atoms. The lowest BCUT2D eigenvalue weighted by Gasteiger charge is -2.11. The Morgan fingerprint density at radius 3 is 2.70 bits per heavy atom. The normalized spacial score (nSPS) is 10.7. The van der Waals surface area contributed by atoms with Crippen LogP contribution in [0.1, 0.15) is 10.4 Å². The fourth-order valence-corrected chi connectivity index (χ4v) is 4.32. The van der Waals surface area contributed by atoms with E-state index in [1.54, 1.807) is 18.3 Å². The van der Waals surface area contributed by atoms with Crippen LogP contribution in [0.4, 0.5) is 5.69 Å². The zero-order valence-corrected chi connectivity index (χ0v) is 19.1. The Hall–Kier alpha value is -3.46. The molecule has 0 saturated heterocycles. The quantitative estimate of drug-likeness (QED) is 0.221. The summed E-state index contributed by atoms with van der Waals surface area (Å²) < 4.78 is 0. The number of hydrogen-bond acceptors (Lipinski definition) is 6. The van der Waals surface area contributed by atoms with Crippen molar-refractivity contribution >= 4 is 51.6 Å². The highest BCUT2D eigenvalue weighted by atomic mass is 35.5. The third-order valence-electron chi connectivity index (χ3n) is 4.80. The summed E-state index contributed by atoms with van der Waals surface area (Å²) in [4.78, 5) is 37.6. The number of aromatic nitrogens is 2. The lowest BCUT2D eigenvalue weighted by molar-refractivity contribution is -0.113. The minimum atomic E-state index is -0.433. The van der Waals surface area contributed by atoms with Gasteiger partial charge in [0.15, 0.2) is 0 Å². The van der Waals surface area contributed by atoms with Crippen molar-refractivity contribution in [2.24, 2.45) is 0 Å². The van der Waals surface area contributed by atoms with Crippen molar-refractivity contribution in [3.63, 3.8) is 0 Å². The molecule has 1 aromatic heterocycles. The third kappa shape index (κ3) is 5.31. The van der Waals surface area contributed by atoms with Crippen molar-refractivity contribution in [2.75, 3.05) is 18.2 Å². The Morgan fingerprint density at radius 2 is 1.88 bits per heavy atom. The van der Waals surface area contributed by atoms with Crippen LogP contribution in [0.3, 0.4) is 0 Å². The van der Waals surface area contributed by atoms with Gasteiger partial charge in [-0.1, -0.05) is 65.8 Å². The van der Waals surface area contributed by atoms with Crippen molar-refractivity contribution in [3.05, 3.63) is 83.8 Å². The average Bonchev–Trinajstić information content (AvgIpc) is 2.84. The van der Waals surface area contributed by atoms with Gasteiger partial charge in [0.25, 0.3) is 5.91 Å². The zero-order chi connectivity index (χ0) is 23.2. The summed E-state index contributed by atoms with van der Waals surface area (Å²) in [7, 11) is 1.34. The third-order valence-corrected chi connectivity index (χ3v) is 6.11. The monoisotopic (exact) mass is 478 g/mol. The van der Waals surface area contributed by atoms with Gasteiger partial charge in [-0.25, -0.2) is 15.4 Å². The Balaban J connectivity index is 1.48. The lowest BCUT2D eigenvalue weighted by atomic mass is 10.0. The van der Waals surface area contributed by atoms with Gasteiger partial charge < -0.3 is 5.32 Å². The predicted molar refractivity (Wildman–Crippen MR) is 130 cm³/mol. The molecule has 4 rings (SSSR count). The van der Waals surface area contributed by atoms with Gasteiger partial charge in [-0.3, -0.25) is 14.4 Å². The first kappa shape index (κ1) is 22.7. The van der Waals surface area contributed by atoms with Crippen LogP contribution in [0.15, 0.2) is 78.2 Å². The number of fused-ring (bicyclic) bond motifs is 1. The molecule has 0 aliphatic heterocycles. The van der Waals surface area contributed by atoms with Gasteiger partial charge in [0.05, 0.1) is 23.6 Å². The summed E-state index contributed by atoms with van der Waals surface area (Å²) in [5.41, 5.74) is 4.81. The summed E-state index contributed by atoms with van der Waals surface area (Å²) in [6.45, 7) is 0. The van der Waals surface area contributed by atoms with Crippen LogP contribution in [0.5, 0.6) is 0 Å². The SMILES string of the molecule is CONC(=O)c1ccc(NC(=O)CSc2ncncc2-c2cccc3ccccc23)c(Cl)c1. The second kappa shape index (κ2) is 10.4. The van der Waals surface area contributed by atoms with E-state index in [4.69, 9.17) is 11.6 Å². The van der Waals surface area contributed by atoms with Gasteiger partial charge in [0, 0.05) is 17.3 Å². The van der Waals surface area contributed by atoms with E-state index >= 15 is 0 Å². The molecule has 2 amide bonds. The van der Waals surface area contributed by atoms with Crippen LogP contribution in [0.25, 0.3) is 21.9 Å². The van der Waals surface area contributed by atoms with Crippen LogP contribution in [-0.4, -0.2) is 34.6 Å². The van der Waals surface area contributed by atoms with E-state index in [0.717, 1.165) is 21.9 Å². The number of carbonyl (C=O) groups is 2. The highest BCUT2D eigenvalue weighted by Gasteiger charge is 2.14. The van der Waals surface area contributed by atoms with E-state index in [9.17, 15) is 9.59 Å². The molecular weight excluding hydrogens is 460 g/mol. The number of thioether (sulfide) groups is 1. The van der Waals surface area contributed by atoms with E-state index in [0.29, 0.717) is 16.3 Å². The van der Waals surface area contributed by atoms with E-state index < -0.39 is 5.91 Å². The molecule has 0 atom stereocenters. The number of benzene rings is 3. The number of amides is 2. The first-order valence-corrected chi connectivity index (χ1v) is 11.3. The fourth-order valence-electron chi connectivity index (χ4n) is 3.31. The number of hydroxylamine groups is 1. The van der Waals surface area contributed by atoms with Gasteiger partial charge in [0.2, 0.25) is 5.91 Å². The van der Waals surface area contributed by atoms with Gasteiger partial charge in [-0.05, 0) is 34.5 Å². The molecule has 0 fully saturated rings. The second-order valence-corrected chi connectivity index (χ2v) is 8.31. The second-order valence-electron chi connectivity index (χ2n) is 6.94. The summed E-state index contributed by atoms with van der Waals surface area (Å²) in [5.74, 6) is -0.562. The topological polar surface area (TPSA) is 93.2 Å². The molecule has 9 heteroatoms. The lowest BCUT2D eigenvalue weighted by Crippen LogP contribution is -2.22. The van der Waals surface area contributed by atoms with Crippen LogP contribution in [-0.2, 0) is 9.63 Å². The number of rotatable bonds is 7. The van der Waals surface area contributed by atoms with Crippen LogP contribution < -0.4 is 10.8 Å². The minimum absolute atomic E-state index is 0.122. The standard InChI is InChI=1S/C24H19ClN4O3S/c1-32-29-23(31)16-9-10-21(20(25)11-16)28-22(30)13-33-24-19(12-26-14-27-24)18-8-4-6-15-5-2-3-7-17(15)18/h2-12,14H,13H2,1H3,(H,28,30)(H,29,31). The molecule has 2 N–H and O–H groups in total. The number of halogens is 1. The Labute approximate surface area is 199 Å². The number of carbonyl (C=O) groups excluding carboxylic acids is 2. The fraction of sp³-hybridized carbons (Fsp3) is 0.0833. The average molecular weight is 479 g/mol. The molecule has 0 unspecified atom stereocenters. The molecule has 4 aromatic rings. The minimum Gasteiger partial charge on any atom is -0.324 e. The van der Waals surface area contributed by atoms with Crippen molar-refractivity contribution in [1.29, 1.82) is 0 Å². The maximum absolute atomic E-state index is 12.6. The zero-order valence-electron chi connectivity index (χ0n) is 17.5. The number of hydrogen-bond donors (Lipinski definition) is 2. The largest absolute Gasteiger partial charge is 0.324 e. The maximum atomic E-state index is 12.6. The Morgan fingerprint density at radius 1 is 1.06 bits per heavy atom. The van der Waals surface area contributed by atoms with Crippen molar-refractivity contribution in [3.8, 4) is 11.1 Å². The van der Waals surface area contributed by atoms with E-state index in [2.05, 4.69) is 43.8 Å². The van der Waals surface area contributed by atoms with Crippen LogP contribution >= 0.6 is 23.4 Å². The molecule has 166 valence electrons. The maximum Gasteiger partial charge on any atom is 0.274 e.